The van der Waals surface area contributed by atoms with Crippen molar-refractivity contribution in [3.63, 3.8) is 0 Å². The van der Waals surface area contributed by atoms with E-state index in [2.05, 4.69) is 23.8 Å². The summed E-state index contributed by atoms with van der Waals surface area (Å²) in [4.78, 5) is 19.3. The third-order valence-electron chi connectivity index (χ3n) is 3.45. The highest BCUT2D eigenvalue weighted by atomic mass is 16.5. The second-order valence-corrected chi connectivity index (χ2v) is 5.45. The van der Waals surface area contributed by atoms with Gasteiger partial charge in [-0.2, -0.15) is 0 Å². The predicted molar refractivity (Wildman–Crippen MR) is 91.8 cm³/mol. The molecular weight excluding hydrogens is 324 g/mol. The van der Waals surface area contributed by atoms with Gasteiger partial charge in [-0.05, 0) is 23.6 Å². The first-order chi connectivity index (χ1) is 12.0. The van der Waals surface area contributed by atoms with Gasteiger partial charge in [0, 0.05) is 6.08 Å². The zero-order valence-corrected chi connectivity index (χ0v) is 14.5. The van der Waals surface area contributed by atoms with Crippen LogP contribution < -0.4 is 9.47 Å². The monoisotopic (exact) mass is 344 g/mol. The maximum atomic E-state index is 11.2. The van der Waals surface area contributed by atoms with Crippen LogP contribution in [0.25, 0.3) is 6.08 Å². The number of rotatable bonds is 7. The molecule has 0 spiro atoms. The van der Waals surface area contributed by atoms with Crippen LogP contribution in [0.2, 0.25) is 0 Å². The third kappa shape index (κ3) is 4.47. The van der Waals surface area contributed by atoms with E-state index < -0.39 is 5.97 Å². The Morgan fingerprint density at radius 3 is 2.52 bits per heavy atom. The van der Waals surface area contributed by atoms with Gasteiger partial charge in [-0.25, -0.2) is 14.8 Å². The van der Waals surface area contributed by atoms with Crippen LogP contribution in [0.5, 0.6) is 17.5 Å². The molecule has 0 saturated heterocycles. The number of carboxylic acids is 1. The lowest BCUT2D eigenvalue weighted by atomic mass is 10.0. The molecule has 0 aliphatic carbocycles. The molecule has 0 amide bonds. The Hall–Kier alpha value is -3.09. The molecule has 1 heterocycles. The van der Waals surface area contributed by atoms with Crippen LogP contribution in [0.4, 0.5) is 0 Å². The lowest BCUT2D eigenvalue weighted by molar-refractivity contribution is -0.135. The van der Waals surface area contributed by atoms with Gasteiger partial charge in [0.05, 0.1) is 14.2 Å². The molecule has 2 aromatic rings. The average Bonchev–Trinajstić information content (AvgIpc) is 2.60. The Balaban J connectivity index is 2.48. The molecule has 0 aliphatic rings. The van der Waals surface area contributed by atoms with Crippen LogP contribution in [-0.2, 0) is 9.53 Å². The number of hydrogen-bond donors (Lipinski definition) is 1. The van der Waals surface area contributed by atoms with Gasteiger partial charge in [0.25, 0.3) is 0 Å². The number of aliphatic carboxylic acids is 1. The number of benzene rings is 1. The first-order valence-electron chi connectivity index (χ1n) is 7.62. The second kappa shape index (κ2) is 8.14. The summed E-state index contributed by atoms with van der Waals surface area (Å²) in [6, 6.07) is 7.59. The van der Waals surface area contributed by atoms with Gasteiger partial charge >= 0.3 is 5.97 Å². The van der Waals surface area contributed by atoms with Crippen molar-refractivity contribution in [1.82, 2.24) is 9.97 Å². The molecule has 0 fully saturated rings. The van der Waals surface area contributed by atoms with E-state index in [0.717, 1.165) is 5.56 Å². The summed E-state index contributed by atoms with van der Waals surface area (Å²) in [5.74, 6) is -0.231. The third-order valence-corrected chi connectivity index (χ3v) is 3.45. The van der Waals surface area contributed by atoms with E-state index in [4.69, 9.17) is 19.3 Å². The van der Waals surface area contributed by atoms with E-state index in [9.17, 15) is 4.79 Å². The molecule has 0 bridgehead atoms. The van der Waals surface area contributed by atoms with E-state index in [0.29, 0.717) is 11.7 Å². The topological polar surface area (TPSA) is 90.8 Å². The number of hydrogen-bond acceptors (Lipinski definition) is 6. The Kier molecular flexibility index (Phi) is 5.94. The van der Waals surface area contributed by atoms with E-state index in [-0.39, 0.29) is 23.1 Å². The van der Waals surface area contributed by atoms with Gasteiger partial charge < -0.3 is 19.3 Å². The van der Waals surface area contributed by atoms with Crippen molar-refractivity contribution < 1.29 is 24.1 Å². The molecule has 1 aromatic carbocycles. The summed E-state index contributed by atoms with van der Waals surface area (Å²) < 4.78 is 15.9. The van der Waals surface area contributed by atoms with Gasteiger partial charge in [0.2, 0.25) is 17.5 Å². The molecule has 0 unspecified atom stereocenters. The predicted octanol–water partition coefficient (Wildman–Crippen LogP) is 3.47. The average molecular weight is 344 g/mol. The maximum absolute atomic E-state index is 11.2. The van der Waals surface area contributed by atoms with Gasteiger partial charge in [-0.3, -0.25) is 0 Å². The van der Waals surface area contributed by atoms with Gasteiger partial charge in [0.15, 0.2) is 0 Å². The molecule has 132 valence electrons. The van der Waals surface area contributed by atoms with Crippen molar-refractivity contribution in [3.05, 3.63) is 47.5 Å². The van der Waals surface area contributed by atoms with Crippen LogP contribution in [-0.4, -0.2) is 35.3 Å². The smallest absolute Gasteiger partial charge is 0.371 e. The van der Waals surface area contributed by atoms with E-state index in [1.165, 1.54) is 26.6 Å². The fraction of sp³-hybridized carbons (Fsp3) is 0.278. The first kappa shape index (κ1) is 18.3. The molecular formula is C18H20N2O5. The van der Waals surface area contributed by atoms with E-state index in [1.807, 2.05) is 18.2 Å². The van der Waals surface area contributed by atoms with Crippen molar-refractivity contribution in [1.29, 1.82) is 0 Å². The highest BCUT2D eigenvalue weighted by molar-refractivity contribution is 5.90. The van der Waals surface area contributed by atoms with Gasteiger partial charge in [-0.1, -0.05) is 26.0 Å². The summed E-state index contributed by atoms with van der Waals surface area (Å²) in [6.07, 6.45) is 2.55. The van der Waals surface area contributed by atoms with Crippen LogP contribution in [0.1, 0.15) is 30.9 Å². The molecule has 1 aromatic heterocycles. The number of carboxylic acid groups (broad SMARTS) is 1. The van der Waals surface area contributed by atoms with Gasteiger partial charge in [0.1, 0.15) is 17.6 Å². The molecule has 25 heavy (non-hydrogen) atoms. The van der Waals surface area contributed by atoms with E-state index in [1.54, 1.807) is 6.07 Å². The minimum Gasteiger partial charge on any atom is -0.490 e. The fourth-order valence-electron chi connectivity index (χ4n) is 2.12. The first-order valence-corrected chi connectivity index (χ1v) is 7.62. The highest BCUT2D eigenvalue weighted by Gasteiger charge is 2.17. The number of carbonyl (C=O) groups is 1. The highest BCUT2D eigenvalue weighted by Crippen LogP contribution is 2.31. The fourth-order valence-corrected chi connectivity index (χ4v) is 2.12. The summed E-state index contributed by atoms with van der Waals surface area (Å²) in [5, 5.41) is 9.16. The maximum Gasteiger partial charge on any atom is 0.371 e. The molecule has 0 radical (unpaired) electrons. The Labute approximate surface area is 145 Å². The summed E-state index contributed by atoms with van der Waals surface area (Å²) >= 11 is 0. The van der Waals surface area contributed by atoms with Crippen molar-refractivity contribution in [2.24, 2.45) is 0 Å². The zero-order valence-electron chi connectivity index (χ0n) is 14.5. The molecule has 7 heteroatoms. The van der Waals surface area contributed by atoms with Crippen molar-refractivity contribution >= 4 is 12.0 Å². The summed E-state index contributed by atoms with van der Waals surface area (Å²) in [7, 11) is 2.69. The standard InChI is InChI=1S/C18H20N2O5/c1-11(2)12-6-5-7-13(8-12)25-17-14(9-15(23-3)18(21)22)16(24-4)19-10-20-17/h5-11H,1-4H3,(H,21,22). The molecule has 0 atom stereocenters. The van der Waals surface area contributed by atoms with Crippen LogP contribution in [0, 0.1) is 0 Å². The second-order valence-electron chi connectivity index (χ2n) is 5.45. The Morgan fingerprint density at radius 1 is 1.20 bits per heavy atom. The molecule has 0 aliphatic heterocycles. The number of methoxy groups -OCH3 is 2. The van der Waals surface area contributed by atoms with Crippen molar-refractivity contribution in [2.45, 2.75) is 19.8 Å². The van der Waals surface area contributed by atoms with E-state index >= 15 is 0 Å². The van der Waals surface area contributed by atoms with Crippen molar-refractivity contribution in [2.75, 3.05) is 14.2 Å². The lowest BCUT2D eigenvalue weighted by Gasteiger charge is -2.12. The van der Waals surface area contributed by atoms with Crippen LogP contribution in [0.15, 0.2) is 36.4 Å². The summed E-state index contributed by atoms with van der Waals surface area (Å²) in [5.41, 5.74) is 1.39. The minimum absolute atomic E-state index is 0.170. The lowest BCUT2D eigenvalue weighted by Crippen LogP contribution is -2.04. The number of nitrogens with zero attached hydrogens (tertiary/aromatic N) is 2. The quantitative estimate of drug-likeness (QED) is 0.607. The molecule has 0 saturated carbocycles. The van der Waals surface area contributed by atoms with Crippen LogP contribution in [0.3, 0.4) is 0 Å². The number of aromatic nitrogens is 2. The molecule has 7 nitrogen and oxygen atoms in total. The van der Waals surface area contributed by atoms with Crippen LogP contribution >= 0.6 is 0 Å². The zero-order chi connectivity index (χ0) is 18.4. The Morgan fingerprint density at radius 2 is 1.92 bits per heavy atom. The summed E-state index contributed by atoms with van der Waals surface area (Å²) in [6.45, 7) is 4.16. The number of ether oxygens (including phenoxy) is 3. The van der Waals surface area contributed by atoms with Crippen molar-refractivity contribution in [3.8, 4) is 17.5 Å². The largest absolute Gasteiger partial charge is 0.490 e. The SMILES string of the molecule is COC(=Cc1c(OC)ncnc1Oc1cccc(C(C)C)c1)C(=O)O. The Bertz CT molecular complexity index is 787. The van der Waals surface area contributed by atoms with Gasteiger partial charge in [-0.15, -0.1) is 0 Å². The molecule has 2 rings (SSSR count). The molecule has 1 N–H and O–H groups in total. The minimum atomic E-state index is -1.22. The normalized spacial score (nSPS) is 11.3.